The number of aromatic nitrogens is 4. The van der Waals surface area contributed by atoms with Crippen LogP contribution in [0.2, 0.25) is 0 Å². The lowest BCUT2D eigenvalue weighted by molar-refractivity contribution is 0.668. The first-order valence-electron chi connectivity index (χ1n) is 16.9. The molecule has 238 valence electrons. The van der Waals surface area contributed by atoms with Crippen LogP contribution >= 0.6 is 0 Å². The molecule has 0 aliphatic rings. The summed E-state index contributed by atoms with van der Waals surface area (Å²) in [5.74, 6) is 1.71. The van der Waals surface area contributed by atoms with E-state index in [1.165, 1.54) is 10.8 Å². The summed E-state index contributed by atoms with van der Waals surface area (Å²) >= 11 is 0. The van der Waals surface area contributed by atoms with Crippen LogP contribution < -0.4 is 0 Å². The highest BCUT2D eigenvalue weighted by Gasteiger charge is 2.21. The fourth-order valence-electron chi connectivity index (χ4n) is 7.65. The zero-order chi connectivity index (χ0) is 33.5. The average Bonchev–Trinajstić information content (AvgIpc) is 3.87. The molecule has 51 heavy (non-hydrogen) atoms. The van der Waals surface area contributed by atoms with Gasteiger partial charge in [-0.15, -0.1) is 0 Å². The van der Waals surface area contributed by atoms with Crippen molar-refractivity contribution in [3.8, 4) is 39.9 Å². The molecule has 11 rings (SSSR count). The third-order valence-electron chi connectivity index (χ3n) is 9.86. The summed E-state index contributed by atoms with van der Waals surface area (Å²) < 4.78 is 14.9. The van der Waals surface area contributed by atoms with Gasteiger partial charge in [0.15, 0.2) is 17.5 Å². The number of hydrogen-bond donors (Lipinski definition) is 0. The van der Waals surface area contributed by atoms with E-state index in [0.717, 1.165) is 77.3 Å². The van der Waals surface area contributed by atoms with E-state index in [1.807, 2.05) is 60.7 Å². The lowest BCUT2D eigenvalue weighted by Crippen LogP contribution is -2.01. The summed E-state index contributed by atoms with van der Waals surface area (Å²) in [5, 5.41) is 6.41. The maximum Gasteiger partial charge on any atom is 0.164 e. The molecule has 0 saturated carbocycles. The van der Waals surface area contributed by atoms with Gasteiger partial charge in [-0.25, -0.2) is 15.0 Å². The van der Waals surface area contributed by atoms with Gasteiger partial charge < -0.3 is 13.4 Å². The molecule has 6 heteroatoms. The minimum absolute atomic E-state index is 0.569. The van der Waals surface area contributed by atoms with Gasteiger partial charge in [-0.1, -0.05) is 109 Å². The third-order valence-corrected chi connectivity index (χ3v) is 9.86. The summed E-state index contributed by atoms with van der Waals surface area (Å²) in [6.07, 6.45) is 0. The van der Waals surface area contributed by atoms with Crippen LogP contribution in [0.3, 0.4) is 0 Å². The van der Waals surface area contributed by atoms with E-state index < -0.39 is 0 Å². The molecule has 7 aromatic carbocycles. The second-order valence-electron chi connectivity index (χ2n) is 12.8. The molecule has 0 radical (unpaired) electrons. The van der Waals surface area contributed by atoms with Crippen LogP contribution in [0, 0.1) is 0 Å². The van der Waals surface area contributed by atoms with Gasteiger partial charge in [0.05, 0.1) is 11.0 Å². The fraction of sp³-hybridized carbons (Fsp3) is 0. The Bertz CT molecular complexity index is 2980. The topological polar surface area (TPSA) is 69.9 Å². The minimum Gasteiger partial charge on any atom is -0.456 e. The molecule has 0 N–H and O–H groups in total. The smallest absolute Gasteiger partial charge is 0.164 e. The molecule has 6 nitrogen and oxygen atoms in total. The Morgan fingerprint density at radius 3 is 1.39 bits per heavy atom. The van der Waals surface area contributed by atoms with Crippen LogP contribution in [-0.4, -0.2) is 19.5 Å². The Kier molecular flexibility index (Phi) is 5.86. The number of para-hydroxylation sites is 4. The van der Waals surface area contributed by atoms with Gasteiger partial charge in [0, 0.05) is 54.7 Å². The Hall–Kier alpha value is -7.05. The molecular formula is C45H26N4O2. The van der Waals surface area contributed by atoms with E-state index >= 15 is 0 Å². The maximum atomic E-state index is 6.28. The largest absolute Gasteiger partial charge is 0.456 e. The Labute approximate surface area is 290 Å². The van der Waals surface area contributed by atoms with Crippen molar-refractivity contribution in [2.45, 2.75) is 0 Å². The molecule has 0 aliphatic carbocycles. The van der Waals surface area contributed by atoms with E-state index in [1.54, 1.807) is 0 Å². The second-order valence-corrected chi connectivity index (χ2v) is 12.8. The summed E-state index contributed by atoms with van der Waals surface area (Å²) in [6, 6.07) is 53.9. The van der Waals surface area contributed by atoms with Gasteiger partial charge in [0.25, 0.3) is 0 Å². The average molecular weight is 655 g/mol. The van der Waals surface area contributed by atoms with Crippen LogP contribution in [0.1, 0.15) is 0 Å². The van der Waals surface area contributed by atoms with Crippen LogP contribution in [-0.2, 0) is 0 Å². The normalized spacial score (nSPS) is 11.9. The molecular weight excluding hydrogens is 629 g/mol. The summed E-state index contributed by atoms with van der Waals surface area (Å²) in [4.78, 5) is 15.6. The molecule has 0 saturated heterocycles. The SMILES string of the molecule is c1cc(-c2nc(-c3cccc4oc5ccccc5c34)nc(-c3cccc4oc5ccccc5c34)n2)cc(-n2c3ccccc3c3ccccc32)c1. The number of fused-ring (bicyclic) bond motifs is 9. The number of nitrogens with zero attached hydrogens (tertiary/aromatic N) is 4. The van der Waals surface area contributed by atoms with Crippen molar-refractivity contribution < 1.29 is 8.83 Å². The number of rotatable bonds is 4. The Morgan fingerprint density at radius 2 is 0.824 bits per heavy atom. The molecule has 0 spiro atoms. The zero-order valence-electron chi connectivity index (χ0n) is 27.1. The van der Waals surface area contributed by atoms with Gasteiger partial charge in [-0.2, -0.15) is 0 Å². The van der Waals surface area contributed by atoms with Gasteiger partial charge in [-0.05, 0) is 48.5 Å². The number of hydrogen-bond acceptors (Lipinski definition) is 5. The van der Waals surface area contributed by atoms with E-state index in [-0.39, 0.29) is 0 Å². The van der Waals surface area contributed by atoms with Crippen molar-refractivity contribution in [3.63, 3.8) is 0 Å². The molecule has 0 aliphatic heterocycles. The van der Waals surface area contributed by atoms with Crippen LogP contribution in [0.5, 0.6) is 0 Å². The van der Waals surface area contributed by atoms with E-state index in [2.05, 4.69) is 102 Å². The molecule has 0 atom stereocenters. The molecule has 4 aromatic heterocycles. The van der Waals surface area contributed by atoms with Gasteiger partial charge in [0.2, 0.25) is 0 Å². The molecule has 0 unspecified atom stereocenters. The van der Waals surface area contributed by atoms with Crippen LogP contribution in [0.4, 0.5) is 0 Å². The van der Waals surface area contributed by atoms with Crippen LogP contribution in [0.15, 0.2) is 167 Å². The van der Waals surface area contributed by atoms with Crippen molar-refractivity contribution in [3.05, 3.63) is 158 Å². The molecule has 0 amide bonds. The molecule has 4 heterocycles. The number of benzene rings is 7. The van der Waals surface area contributed by atoms with Gasteiger partial charge in [0.1, 0.15) is 22.3 Å². The number of furan rings is 2. The molecule has 0 fully saturated rings. The lowest BCUT2D eigenvalue weighted by atomic mass is 10.0. The summed E-state index contributed by atoms with van der Waals surface area (Å²) in [5.41, 5.74) is 9.17. The zero-order valence-corrected chi connectivity index (χ0v) is 27.1. The summed E-state index contributed by atoms with van der Waals surface area (Å²) in [6.45, 7) is 0. The fourth-order valence-corrected chi connectivity index (χ4v) is 7.65. The first-order valence-corrected chi connectivity index (χ1v) is 16.9. The molecule has 11 aromatic rings. The lowest BCUT2D eigenvalue weighted by Gasteiger charge is -2.12. The van der Waals surface area contributed by atoms with Crippen molar-refractivity contribution in [1.82, 2.24) is 19.5 Å². The first kappa shape index (κ1) is 27.9. The highest BCUT2D eigenvalue weighted by Crippen LogP contribution is 2.40. The highest BCUT2D eigenvalue weighted by atomic mass is 16.3. The van der Waals surface area contributed by atoms with Crippen molar-refractivity contribution >= 4 is 65.7 Å². The maximum absolute atomic E-state index is 6.28. The Balaban J connectivity index is 1.19. The predicted molar refractivity (Wildman–Crippen MR) is 205 cm³/mol. The van der Waals surface area contributed by atoms with Gasteiger partial charge in [-0.3, -0.25) is 0 Å². The third kappa shape index (κ3) is 4.20. The predicted octanol–water partition coefficient (Wildman–Crippen LogP) is 11.8. The van der Waals surface area contributed by atoms with Gasteiger partial charge >= 0.3 is 0 Å². The van der Waals surface area contributed by atoms with E-state index in [4.69, 9.17) is 23.8 Å². The second kappa shape index (κ2) is 10.7. The quantitative estimate of drug-likeness (QED) is 0.189. The van der Waals surface area contributed by atoms with Crippen molar-refractivity contribution in [2.24, 2.45) is 0 Å². The van der Waals surface area contributed by atoms with E-state index in [0.29, 0.717) is 17.5 Å². The van der Waals surface area contributed by atoms with Crippen molar-refractivity contribution in [2.75, 3.05) is 0 Å². The molecule has 0 bridgehead atoms. The standard InChI is InChI=1S/C45H26N4O2/c1-5-20-35-29(14-1)30-15-2-6-21-36(30)49(35)28-13-9-12-27(26-28)43-46-44(33-18-10-24-39-41(33)31-16-3-7-22-37(31)50-39)48-45(47-43)34-19-11-25-40-42(34)32-17-4-8-23-38(32)51-40/h1-26H. The Morgan fingerprint density at radius 1 is 0.373 bits per heavy atom. The highest BCUT2D eigenvalue weighted by molar-refractivity contribution is 6.13. The first-order chi connectivity index (χ1) is 25.3. The van der Waals surface area contributed by atoms with Crippen LogP contribution in [0.25, 0.3) is 106 Å². The van der Waals surface area contributed by atoms with Crippen molar-refractivity contribution in [1.29, 1.82) is 0 Å². The monoisotopic (exact) mass is 654 g/mol. The minimum atomic E-state index is 0.569. The summed E-state index contributed by atoms with van der Waals surface area (Å²) in [7, 11) is 0. The van der Waals surface area contributed by atoms with E-state index in [9.17, 15) is 0 Å².